The van der Waals surface area contributed by atoms with E-state index in [1.54, 1.807) is 6.92 Å². The lowest BCUT2D eigenvalue weighted by molar-refractivity contribution is -0.167. The molecule has 0 radical (unpaired) electrons. The van der Waals surface area contributed by atoms with E-state index in [4.69, 9.17) is 4.74 Å². The van der Waals surface area contributed by atoms with E-state index in [-0.39, 0.29) is 49.5 Å². The summed E-state index contributed by atoms with van der Waals surface area (Å²) in [5.74, 6) is -1.73. The van der Waals surface area contributed by atoms with E-state index in [2.05, 4.69) is 8.37 Å². The molecule has 8 nitrogen and oxygen atoms in total. The van der Waals surface area contributed by atoms with Crippen LogP contribution in [0.2, 0.25) is 0 Å². The molecule has 0 amide bonds. The Bertz CT molecular complexity index is 583. The van der Waals surface area contributed by atoms with Crippen molar-refractivity contribution in [3.63, 3.8) is 0 Å². The average molecular weight is 378 g/mol. The van der Waals surface area contributed by atoms with Crippen molar-refractivity contribution < 1.29 is 35.9 Å². The van der Waals surface area contributed by atoms with Gasteiger partial charge in [0.15, 0.2) is 0 Å². The van der Waals surface area contributed by atoms with Crippen molar-refractivity contribution in [1.82, 2.24) is 0 Å². The largest absolute Gasteiger partial charge is 0.462 e. The molecule has 1 saturated heterocycles. The molecule has 0 aliphatic carbocycles. The van der Waals surface area contributed by atoms with E-state index >= 15 is 0 Å². The van der Waals surface area contributed by atoms with Gasteiger partial charge in [-0.25, -0.2) is 4.18 Å². The van der Waals surface area contributed by atoms with Gasteiger partial charge in [0.2, 0.25) is 0 Å². The molecule has 3 unspecified atom stereocenters. The number of cyclic esters (lactones) is 1. The second-order valence-electron chi connectivity index (χ2n) is 6.13. The van der Waals surface area contributed by atoms with Crippen LogP contribution in [0.3, 0.4) is 0 Å². The fraction of sp³-hybridized carbons (Fsp3) is 0.812. The molecule has 1 aliphatic heterocycles. The molecule has 25 heavy (non-hydrogen) atoms. The normalized spacial score (nSPS) is 24.0. The van der Waals surface area contributed by atoms with Crippen LogP contribution in [0.25, 0.3) is 0 Å². The zero-order chi connectivity index (χ0) is 19.0. The molecule has 144 valence electrons. The van der Waals surface area contributed by atoms with Gasteiger partial charge in [-0.3, -0.25) is 18.6 Å². The van der Waals surface area contributed by atoms with Crippen molar-refractivity contribution in [2.45, 2.75) is 58.5 Å². The summed E-state index contributed by atoms with van der Waals surface area (Å²) in [6.45, 7) is 3.32. The lowest BCUT2D eigenvalue weighted by atomic mass is 9.80. The third-order valence-electron chi connectivity index (χ3n) is 4.26. The number of Topliss-reactive ketones (excluding diaryl/α,β-unsaturated/α-hetero) is 2. The number of hydrogen-bond donors (Lipinski definition) is 0. The summed E-state index contributed by atoms with van der Waals surface area (Å²) in [6.07, 6.45) is 1.71. The van der Waals surface area contributed by atoms with Crippen LogP contribution < -0.4 is 0 Å². The number of hydrogen-bond acceptors (Lipinski definition) is 8. The summed E-state index contributed by atoms with van der Waals surface area (Å²) in [6, 6.07) is 0. The smallest absolute Gasteiger partial charge is 0.399 e. The van der Waals surface area contributed by atoms with Crippen LogP contribution >= 0.6 is 0 Å². The van der Waals surface area contributed by atoms with Crippen LogP contribution in [-0.4, -0.2) is 45.8 Å². The molecule has 0 saturated carbocycles. The van der Waals surface area contributed by atoms with Crippen molar-refractivity contribution in [2.24, 2.45) is 11.8 Å². The van der Waals surface area contributed by atoms with E-state index in [0.29, 0.717) is 12.8 Å². The van der Waals surface area contributed by atoms with Gasteiger partial charge in [-0.2, -0.15) is 8.42 Å². The highest BCUT2D eigenvalue weighted by atomic mass is 32.3. The predicted molar refractivity (Wildman–Crippen MR) is 87.8 cm³/mol. The van der Waals surface area contributed by atoms with Crippen LogP contribution in [0.15, 0.2) is 0 Å². The maximum absolute atomic E-state index is 12.4. The first kappa shape index (κ1) is 21.7. The number of ether oxygens (including phenoxy) is 1. The van der Waals surface area contributed by atoms with E-state index in [9.17, 15) is 22.8 Å². The first-order chi connectivity index (χ1) is 11.7. The molecule has 9 heteroatoms. The maximum atomic E-state index is 12.4. The minimum absolute atomic E-state index is 0.00800. The van der Waals surface area contributed by atoms with Gasteiger partial charge in [-0.15, -0.1) is 0 Å². The highest BCUT2D eigenvalue weighted by molar-refractivity contribution is 7.81. The first-order valence-corrected chi connectivity index (χ1v) is 9.73. The van der Waals surface area contributed by atoms with E-state index in [0.717, 1.165) is 13.5 Å². The fourth-order valence-corrected chi connectivity index (χ4v) is 3.14. The molecule has 0 aromatic carbocycles. The summed E-state index contributed by atoms with van der Waals surface area (Å²) in [5, 5.41) is 0. The molecular formula is C16H26O8S. The SMILES string of the molecule is CCCC1CC(C(=O)CCC(=O)CCOS(=O)(=O)OC)C(C)C(=O)O1. The summed E-state index contributed by atoms with van der Waals surface area (Å²) in [5.41, 5.74) is 0. The topological polar surface area (TPSA) is 113 Å². The van der Waals surface area contributed by atoms with Crippen LogP contribution in [0.5, 0.6) is 0 Å². The Labute approximate surface area is 148 Å². The third-order valence-corrected chi connectivity index (χ3v) is 5.13. The summed E-state index contributed by atoms with van der Waals surface area (Å²) in [4.78, 5) is 36.0. The molecule has 1 rings (SSSR count). The Balaban J connectivity index is 2.44. The Morgan fingerprint density at radius 2 is 1.92 bits per heavy atom. The third kappa shape index (κ3) is 7.21. The molecule has 1 aliphatic rings. The second-order valence-corrected chi connectivity index (χ2v) is 7.52. The Morgan fingerprint density at radius 1 is 1.24 bits per heavy atom. The summed E-state index contributed by atoms with van der Waals surface area (Å²) < 4.78 is 35.7. The zero-order valence-electron chi connectivity index (χ0n) is 14.9. The quantitative estimate of drug-likeness (QED) is 0.498. The Kier molecular flexibility index (Phi) is 8.67. The van der Waals surface area contributed by atoms with Crippen LogP contribution in [-0.2, 0) is 37.9 Å². The van der Waals surface area contributed by atoms with Gasteiger partial charge in [0, 0.05) is 25.2 Å². The van der Waals surface area contributed by atoms with Gasteiger partial charge in [0.05, 0.1) is 19.6 Å². The van der Waals surface area contributed by atoms with Gasteiger partial charge < -0.3 is 4.74 Å². The zero-order valence-corrected chi connectivity index (χ0v) is 15.7. The molecule has 3 atom stereocenters. The van der Waals surface area contributed by atoms with Crippen LogP contribution in [0.4, 0.5) is 0 Å². The van der Waals surface area contributed by atoms with Crippen molar-refractivity contribution >= 4 is 27.9 Å². The molecule has 0 spiro atoms. The molecule has 0 N–H and O–H groups in total. The van der Waals surface area contributed by atoms with Gasteiger partial charge in [0.25, 0.3) is 0 Å². The number of carbonyl (C=O) groups excluding carboxylic acids is 3. The van der Waals surface area contributed by atoms with Crippen molar-refractivity contribution in [1.29, 1.82) is 0 Å². The van der Waals surface area contributed by atoms with Gasteiger partial charge in [0.1, 0.15) is 17.7 Å². The molecule has 0 aromatic rings. The highest BCUT2D eigenvalue weighted by Gasteiger charge is 2.38. The van der Waals surface area contributed by atoms with E-state index < -0.39 is 22.2 Å². The summed E-state index contributed by atoms with van der Waals surface area (Å²) >= 11 is 0. The average Bonchev–Trinajstić information content (AvgIpc) is 2.56. The van der Waals surface area contributed by atoms with Crippen LogP contribution in [0, 0.1) is 11.8 Å². The summed E-state index contributed by atoms with van der Waals surface area (Å²) in [7, 11) is -3.10. The van der Waals surface area contributed by atoms with Crippen molar-refractivity contribution in [3.05, 3.63) is 0 Å². The lowest BCUT2D eigenvalue weighted by Crippen LogP contribution is -2.40. The standard InChI is InChI=1S/C16H26O8S/c1-4-5-13-10-14(11(2)16(19)24-13)15(18)7-6-12(17)8-9-23-25(20,21)22-3/h11,13-14H,4-10H2,1-3H3. The Hall–Kier alpha value is -1.32. The first-order valence-electron chi connectivity index (χ1n) is 8.40. The van der Waals surface area contributed by atoms with Crippen molar-refractivity contribution in [3.8, 4) is 0 Å². The monoisotopic (exact) mass is 378 g/mol. The maximum Gasteiger partial charge on any atom is 0.399 e. The number of esters is 1. The Morgan fingerprint density at radius 3 is 2.52 bits per heavy atom. The van der Waals surface area contributed by atoms with Gasteiger partial charge in [-0.1, -0.05) is 20.3 Å². The molecule has 0 bridgehead atoms. The minimum Gasteiger partial charge on any atom is -0.462 e. The fourth-order valence-electron chi connectivity index (χ4n) is 2.76. The predicted octanol–water partition coefficient (Wildman–Crippen LogP) is 1.57. The van der Waals surface area contributed by atoms with Gasteiger partial charge >= 0.3 is 16.4 Å². The number of carbonyl (C=O) groups is 3. The van der Waals surface area contributed by atoms with Gasteiger partial charge in [-0.05, 0) is 12.8 Å². The van der Waals surface area contributed by atoms with Crippen LogP contribution in [0.1, 0.15) is 52.4 Å². The van der Waals surface area contributed by atoms with Crippen molar-refractivity contribution in [2.75, 3.05) is 13.7 Å². The number of ketones is 2. The second kappa shape index (κ2) is 9.98. The molecule has 0 aromatic heterocycles. The molecule has 1 fully saturated rings. The lowest BCUT2D eigenvalue weighted by Gasteiger charge is -2.32. The van der Waals surface area contributed by atoms with E-state index in [1.807, 2.05) is 6.92 Å². The minimum atomic E-state index is -4.06. The molecule has 1 heterocycles. The molecular weight excluding hydrogens is 352 g/mol. The highest BCUT2D eigenvalue weighted by Crippen LogP contribution is 2.30. The number of rotatable bonds is 11. The van der Waals surface area contributed by atoms with E-state index in [1.165, 1.54) is 0 Å².